The first-order valence-electron chi connectivity index (χ1n) is 6.37. The molecule has 2 aromatic heterocycles. The number of thioether (sulfide) groups is 1. The van der Waals surface area contributed by atoms with Gasteiger partial charge >= 0.3 is 0 Å². The highest BCUT2D eigenvalue weighted by Gasteiger charge is 2.23. The van der Waals surface area contributed by atoms with E-state index < -0.39 is 0 Å². The number of fused-ring (bicyclic) bond motifs is 1. The van der Waals surface area contributed by atoms with Gasteiger partial charge < -0.3 is 4.57 Å². The van der Waals surface area contributed by atoms with Crippen molar-refractivity contribution in [2.24, 2.45) is 0 Å². The fourth-order valence-electron chi connectivity index (χ4n) is 2.02. The van der Waals surface area contributed by atoms with E-state index >= 15 is 0 Å². The van der Waals surface area contributed by atoms with Crippen LogP contribution in [0.25, 0.3) is 11.2 Å². The van der Waals surface area contributed by atoms with E-state index in [4.69, 9.17) is 11.6 Å². The zero-order valence-electron chi connectivity index (χ0n) is 12.1. The molecule has 0 saturated heterocycles. The topological polar surface area (TPSA) is 30.7 Å². The second-order valence-electron chi connectivity index (χ2n) is 5.43. The molecule has 0 aliphatic carbocycles. The lowest BCUT2D eigenvalue weighted by Gasteiger charge is -2.24. The second kappa shape index (κ2) is 5.33. The average molecular weight is 298 g/mol. The number of hydrogen-bond donors (Lipinski definition) is 0. The van der Waals surface area contributed by atoms with Gasteiger partial charge in [-0.15, -0.1) is 11.6 Å². The largest absolute Gasteiger partial charge is 0.310 e. The maximum Gasteiger partial charge on any atom is 0.160 e. The SMILES string of the molecule is CSC(C)(C)Cn1c(C(C)Cl)nc2ccc(C)nc21. The van der Waals surface area contributed by atoms with Gasteiger partial charge in [0.25, 0.3) is 0 Å². The predicted octanol–water partition coefficient (Wildman–Crippen LogP) is 4.18. The molecular weight excluding hydrogens is 278 g/mol. The molecule has 104 valence electrons. The van der Waals surface area contributed by atoms with Gasteiger partial charge in [0, 0.05) is 17.0 Å². The van der Waals surface area contributed by atoms with Gasteiger partial charge in [-0.3, -0.25) is 0 Å². The van der Waals surface area contributed by atoms with Gasteiger partial charge in [0.15, 0.2) is 5.65 Å². The molecule has 0 aliphatic rings. The van der Waals surface area contributed by atoms with Crippen molar-refractivity contribution in [3.63, 3.8) is 0 Å². The molecule has 2 rings (SSSR count). The summed E-state index contributed by atoms with van der Waals surface area (Å²) in [6.45, 7) is 9.26. The molecule has 0 aliphatic heterocycles. The van der Waals surface area contributed by atoms with Gasteiger partial charge in [-0.25, -0.2) is 9.97 Å². The molecule has 0 saturated carbocycles. The lowest BCUT2D eigenvalue weighted by atomic mass is 10.2. The summed E-state index contributed by atoms with van der Waals surface area (Å²) in [4.78, 5) is 9.26. The van der Waals surface area contributed by atoms with Gasteiger partial charge in [-0.2, -0.15) is 11.8 Å². The lowest BCUT2D eigenvalue weighted by Crippen LogP contribution is -2.24. The number of pyridine rings is 1. The Morgan fingerprint density at radius 3 is 2.63 bits per heavy atom. The summed E-state index contributed by atoms with van der Waals surface area (Å²) in [6, 6.07) is 4.01. The van der Waals surface area contributed by atoms with Crippen LogP contribution in [-0.4, -0.2) is 25.5 Å². The third kappa shape index (κ3) is 3.06. The fourth-order valence-corrected chi connectivity index (χ4v) is 2.44. The minimum atomic E-state index is -0.118. The van der Waals surface area contributed by atoms with Gasteiger partial charge in [0.05, 0.1) is 5.38 Å². The average Bonchev–Trinajstić information content (AvgIpc) is 2.67. The van der Waals surface area contributed by atoms with Crippen LogP contribution in [-0.2, 0) is 6.54 Å². The van der Waals surface area contributed by atoms with E-state index in [-0.39, 0.29) is 10.1 Å². The van der Waals surface area contributed by atoms with E-state index in [9.17, 15) is 0 Å². The highest BCUT2D eigenvalue weighted by Crippen LogP contribution is 2.29. The first-order chi connectivity index (χ1) is 8.84. The third-order valence-electron chi connectivity index (χ3n) is 3.21. The highest BCUT2D eigenvalue weighted by atomic mass is 35.5. The first-order valence-corrected chi connectivity index (χ1v) is 8.03. The first kappa shape index (κ1) is 14.7. The molecule has 0 amide bonds. The van der Waals surface area contributed by atoms with E-state index in [0.717, 1.165) is 29.2 Å². The maximum atomic E-state index is 6.27. The van der Waals surface area contributed by atoms with Crippen LogP contribution >= 0.6 is 23.4 Å². The summed E-state index contributed by atoms with van der Waals surface area (Å²) in [5.41, 5.74) is 2.86. The number of alkyl halides is 1. The van der Waals surface area contributed by atoms with Crippen molar-refractivity contribution in [1.82, 2.24) is 14.5 Å². The van der Waals surface area contributed by atoms with Crippen LogP contribution in [0.1, 0.15) is 37.7 Å². The standard InChI is InChI=1S/C14H20ClN3S/c1-9-6-7-11-13(16-9)18(8-14(3,4)19-5)12(17-11)10(2)15/h6-7,10H,8H2,1-5H3. The van der Waals surface area contributed by atoms with Crippen molar-refractivity contribution in [2.45, 2.75) is 44.4 Å². The van der Waals surface area contributed by atoms with Crippen LogP contribution in [0.4, 0.5) is 0 Å². The molecule has 0 fully saturated rings. The molecule has 0 aromatic carbocycles. The molecule has 2 aromatic rings. The minimum Gasteiger partial charge on any atom is -0.310 e. The molecule has 1 atom stereocenters. The van der Waals surface area contributed by atoms with E-state index in [0.29, 0.717) is 0 Å². The molecule has 5 heteroatoms. The maximum absolute atomic E-state index is 6.27. The minimum absolute atomic E-state index is 0.118. The Balaban J connectivity index is 2.60. The molecule has 3 nitrogen and oxygen atoms in total. The Kier molecular flexibility index (Phi) is 4.11. The second-order valence-corrected chi connectivity index (χ2v) is 7.60. The van der Waals surface area contributed by atoms with Crippen LogP contribution in [0.2, 0.25) is 0 Å². The predicted molar refractivity (Wildman–Crippen MR) is 84.1 cm³/mol. The summed E-state index contributed by atoms with van der Waals surface area (Å²) in [5, 5.41) is -0.118. The van der Waals surface area contributed by atoms with Crippen molar-refractivity contribution >= 4 is 34.5 Å². The van der Waals surface area contributed by atoms with Crippen LogP contribution in [0.3, 0.4) is 0 Å². The Hall–Kier alpha value is -0.740. The summed E-state index contributed by atoms with van der Waals surface area (Å²) in [5.74, 6) is 0.900. The Labute approximate surface area is 123 Å². The van der Waals surface area contributed by atoms with Crippen molar-refractivity contribution < 1.29 is 0 Å². The van der Waals surface area contributed by atoms with Gasteiger partial charge in [0.1, 0.15) is 11.3 Å². The zero-order chi connectivity index (χ0) is 14.2. The van der Waals surface area contributed by atoms with Crippen molar-refractivity contribution in [3.8, 4) is 0 Å². The van der Waals surface area contributed by atoms with E-state index in [2.05, 4.69) is 34.6 Å². The zero-order valence-corrected chi connectivity index (χ0v) is 13.6. The van der Waals surface area contributed by atoms with Gasteiger partial charge in [-0.1, -0.05) is 0 Å². The lowest BCUT2D eigenvalue weighted by molar-refractivity contribution is 0.556. The number of nitrogens with zero attached hydrogens (tertiary/aromatic N) is 3. The highest BCUT2D eigenvalue weighted by molar-refractivity contribution is 7.99. The Bertz CT molecular complexity index is 590. The van der Waals surface area contributed by atoms with Crippen molar-refractivity contribution in [2.75, 3.05) is 6.26 Å². The summed E-state index contributed by atoms with van der Waals surface area (Å²) >= 11 is 8.11. The fraction of sp³-hybridized carbons (Fsp3) is 0.571. The number of imidazole rings is 1. The smallest absolute Gasteiger partial charge is 0.160 e. The van der Waals surface area contributed by atoms with Crippen LogP contribution in [0.15, 0.2) is 12.1 Å². The molecule has 19 heavy (non-hydrogen) atoms. The normalized spacial score (nSPS) is 14.0. The Morgan fingerprint density at radius 2 is 2.05 bits per heavy atom. The number of aryl methyl sites for hydroxylation is 1. The quantitative estimate of drug-likeness (QED) is 0.793. The van der Waals surface area contributed by atoms with Crippen LogP contribution in [0.5, 0.6) is 0 Å². The van der Waals surface area contributed by atoms with Crippen molar-refractivity contribution in [3.05, 3.63) is 23.7 Å². The van der Waals surface area contributed by atoms with Crippen molar-refractivity contribution in [1.29, 1.82) is 0 Å². The molecule has 0 bridgehead atoms. The summed E-state index contributed by atoms with van der Waals surface area (Å²) < 4.78 is 2.29. The summed E-state index contributed by atoms with van der Waals surface area (Å²) in [6.07, 6.45) is 2.13. The number of hydrogen-bond acceptors (Lipinski definition) is 3. The monoisotopic (exact) mass is 297 g/mol. The van der Waals surface area contributed by atoms with E-state index in [1.54, 1.807) is 0 Å². The van der Waals surface area contributed by atoms with E-state index in [1.165, 1.54) is 0 Å². The molecule has 0 N–H and O–H groups in total. The summed E-state index contributed by atoms with van der Waals surface area (Å²) in [7, 11) is 0. The number of rotatable bonds is 4. The molecule has 0 radical (unpaired) electrons. The molecular formula is C14H20ClN3S. The molecule has 0 spiro atoms. The van der Waals surface area contributed by atoms with Crippen LogP contribution in [0, 0.1) is 6.92 Å². The van der Waals surface area contributed by atoms with Gasteiger partial charge in [-0.05, 0) is 46.1 Å². The van der Waals surface area contributed by atoms with Gasteiger partial charge in [0.2, 0.25) is 0 Å². The Morgan fingerprint density at radius 1 is 1.37 bits per heavy atom. The van der Waals surface area contributed by atoms with Crippen LogP contribution < -0.4 is 0 Å². The number of halogens is 1. The number of aromatic nitrogens is 3. The molecule has 2 heterocycles. The third-order valence-corrected chi connectivity index (χ3v) is 4.64. The van der Waals surface area contributed by atoms with E-state index in [1.807, 2.05) is 37.7 Å². The molecule has 1 unspecified atom stereocenters.